The first-order valence-corrected chi connectivity index (χ1v) is 5.42. The summed E-state index contributed by atoms with van der Waals surface area (Å²) in [4.78, 5) is 14.7. The van der Waals surface area contributed by atoms with Gasteiger partial charge in [-0.2, -0.15) is 4.79 Å². The fourth-order valence-corrected chi connectivity index (χ4v) is 1.28. The fourth-order valence-electron chi connectivity index (χ4n) is 1.15. The largest absolute Gasteiger partial charge is 0.451 e. The summed E-state index contributed by atoms with van der Waals surface area (Å²) in [6.07, 6.45) is 0. The SMILES string of the molecule is CC(C)(C)OC(=O)C(=[N+]=[N-])c1ccc(Cl)cc1. The van der Waals surface area contributed by atoms with Crippen LogP contribution in [0.1, 0.15) is 26.3 Å². The van der Waals surface area contributed by atoms with E-state index in [9.17, 15) is 4.79 Å². The Morgan fingerprint density at radius 2 is 1.82 bits per heavy atom. The Kier molecular flexibility index (Phi) is 4.05. The van der Waals surface area contributed by atoms with Crippen LogP contribution in [-0.4, -0.2) is 22.1 Å². The van der Waals surface area contributed by atoms with Gasteiger partial charge < -0.3 is 10.3 Å². The molecule has 0 atom stereocenters. The molecule has 0 bridgehead atoms. The van der Waals surface area contributed by atoms with Gasteiger partial charge in [-0.1, -0.05) is 11.6 Å². The third-order valence-electron chi connectivity index (χ3n) is 1.81. The van der Waals surface area contributed by atoms with Gasteiger partial charge in [-0.15, -0.1) is 0 Å². The molecule has 0 aliphatic heterocycles. The van der Waals surface area contributed by atoms with Crippen molar-refractivity contribution in [1.82, 2.24) is 0 Å². The Hall–Kier alpha value is -1.64. The first kappa shape index (κ1) is 13.4. The summed E-state index contributed by atoms with van der Waals surface area (Å²) in [6.45, 7) is 5.21. The molecule has 5 heteroatoms. The topological polar surface area (TPSA) is 62.7 Å². The van der Waals surface area contributed by atoms with Gasteiger partial charge in [-0.25, -0.2) is 4.79 Å². The summed E-state index contributed by atoms with van der Waals surface area (Å²) in [5, 5.41) is 0.537. The number of nitrogens with zero attached hydrogens (tertiary/aromatic N) is 2. The number of halogens is 1. The standard InChI is InChI=1S/C12H13ClN2O2/c1-12(2,3)17-11(16)10(15-14)8-4-6-9(13)7-5-8/h4-7H,1-3H3. The number of benzene rings is 1. The zero-order chi connectivity index (χ0) is 13.1. The van der Waals surface area contributed by atoms with Gasteiger partial charge in [-0.05, 0) is 45.0 Å². The molecule has 0 aliphatic carbocycles. The van der Waals surface area contributed by atoms with Gasteiger partial charge in [0, 0.05) is 5.02 Å². The summed E-state index contributed by atoms with van der Waals surface area (Å²) < 4.78 is 5.11. The highest BCUT2D eigenvalue weighted by Crippen LogP contribution is 2.13. The molecule has 1 aromatic carbocycles. The normalized spacial score (nSPS) is 10.6. The quantitative estimate of drug-likeness (QED) is 0.352. The molecule has 90 valence electrons. The fraction of sp³-hybridized carbons (Fsp3) is 0.333. The molecule has 0 saturated carbocycles. The summed E-state index contributed by atoms with van der Waals surface area (Å²) >= 11 is 5.73. The third kappa shape index (κ3) is 4.02. The maximum Gasteiger partial charge on any atom is 0.422 e. The average molecular weight is 253 g/mol. The van der Waals surface area contributed by atoms with Crippen LogP contribution in [0.25, 0.3) is 5.53 Å². The minimum absolute atomic E-state index is 0.142. The lowest BCUT2D eigenvalue weighted by Gasteiger charge is -2.17. The number of hydrogen-bond donors (Lipinski definition) is 0. The molecular weight excluding hydrogens is 240 g/mol. The molecule has 0 heterocycles. The first-order valence-electron chi connectivity index (χ1n) is 5.05. The molecule has 0 radical (unpaired) electrons. The highest BCUT2D eigenvalue weighted by molar-refractivity contribution is 6.41. The van der Waals surface area contributed by atoms with E-state index >= 15 is 0 Å². The van der Waals surface area contributed by atoms with Crippen molar-refractivity contribution in [3.05, 3.63) is 40.4 Å². The molecule has 0 aliphatic rings. The molecule has 1 rings (SSSR count). The molecule has 0 fully saturated rings. The Labute approximate surface area is 105 Å². The number of rotatable bonds is 2. The Morgan fingerprint density at radius 1 is 1.29 bits per heavy atom. The predicted molar refractivity (Wildman–Crippen MR) is 65.0 cm³/mol. The van der Waals surface area contributed by atoms with E-state index in [1.807, 2.05) is 0 Å². The first-order chi connectivity index (χ1) is 7.83. The van der Waals surface area contributed by atoms with Crippen LogP contribution >= 0.6 is 11.6 Å². The van der Waals surface area contributed by atoms with E-state index in [0.717, 1.165) is 0 Å². The molecule has 0 unspecified atom stereocenters. The lowest BCUT2D eigenvalue weighted by molar-refractivity contribution is -0.150. The number of carbonyl (C=O) groups is 1. The third-order valence-corrected chi connectivity index (χ3v) is 2.06. The molecule has 0 N–H and O–H groups in total. The molecule has 0 aromatic heterocycles. The van der Waals surface area contributed by atoms with Crippen LogP contribution in [0.2, 0.25) is 5.02 Å². The van der Waals surface area contributed by atoms with Gasteiger partial charge in [0.2, 0.25) is 0 Å². The van der Waals surface area contributed by atoms with Crippen molar-refractivity contribution >= 4 is 23.3 Å². The molecule has 0 spiro atoms. The van der Waals surface area contributed by atoms with Crippen LogP contribution < -0.4 is 0 Å². The van der Waals surface area contributed by atoms with Gasteiger partial charge in [0.05, 0.1) is 5.56 Å². The molecule has 4 nitrogen and oxygen atoms in total. The Morgan fingerprint density at radius 3 is 2.24 bits per heavy atom. The van der Waals surface area contributed by atoms with Crippen molar-refractivity contribution in [2.24, 2.45) is 0 Å². The van der Waals surface area contributed by atoms with Crippen LogP contribution in [-0.2, 0) is 9.53 Å². The van der Waals surface area contributed by atoms with Crippen LogP contribution in [0.5, 0.6) is 0 Å². The van der Waals surface area contributed by atoms with Crippen LogP contribution in [0, 0.1) is 0 Å². The maximum atomic E-state index is 11.7. The van der Waals surface area contributed by atoms with Gasteiger partial charge in [0.25, 0.3) is 0 Å². The molecule has 17 heavy (non-hydrogen) atoms. The summed E-state index contributed by atoms with van der Waals surface area (Å²) in [6, 6.07) is 6.38. The van der Waals surface area contributed by atoms with Crippen LogP contribution in [0.15, 0.2) is 24.3 Å². The number of esters is 1. The average Bonchev–Trinajstić information content (AvgIpc) is 2.19. The van der Waals surface area contributed by atoms with Crippen molar-refractivity contribution < 1.29 is 14.3 Å². The highest BCUT2D eigenvalue weighted by atomic mass is 35.5. The smallest absolute Gasteiger partial charge is 0.422 e. The molecule has 1 aromatic rings. The van der Waals surface area contributed by atoms with E-state index < -0.39 is 11.6 Å². The summed E-state index contributed by atoms with van der Waals surface area (Å²) in [7, 11) is 0. The van der Waals surface area contributed by atoms with E-state index in [1.54, 1.807) is 45.0 Å². The second-order valence-corrected chi connectivity index (χ2v) is 4.89. The molecule has 0 amide bonds. The van der Waals surface area contributed by atoms with E-state index in [2.05, 4.69) is 4.79 Å². The van der Waals surface area contributed by atoms with Crippen molar-refractivity contribution in [3.63, 3.8) is 0 Å². The Bertz CT molecular complexity index is 468. The lowest BCUT2D eigenvalue weighted by Crippen LogP contribution is -2.30. The number of carbonyl (C=O) groups excluding carboxylic acids is 1. The van der Waals surface area contributed by atoms with Crippen molar-refractivity contribution in [2.45, 2.75) is 26.4 Å². The van der Waals surface area contributed by atoms with Crippen molar-refractivity contribution in [3.8, 4) is 0 Å². The monoisotopic (exact) mass is 252 g/mol. The van der Waals surface area contributed by atoms with E-state index in [4.69, 9.17) is 21.9 Å². The second-order valence-electron chi connectivity index (χ2n) is 4.46. The zero-order valence-electron chi connectivity index (χ0n) is 9.90. The minimum Gasteiger partial charge on any atom is -0.451 e. The Balaban J connectivity index is 2.98. The molecular formula is C12H13ClN2O2. The van der Waals surface area contributed by atoms with E-state index in [-0.39, 0.29) is 5.71 Å². The second kappa shape index (κ2) is 5.13. The van der Waals surface area contributed by atoms with Crippen molar-refractivity contribution in [2.75, 3.05) is 0 Å². The van der Waals surface area contributed by atoms with Gasteiger partial charge in [0.15, 0.2) is 0 Å². The van der Waals surface area contributed by atoms with Gasteiger partial charge >= 0.3 is 11.7 Å². The zero-order valence-corrected chi connectivity index (χ0v) is 10.7. The van der Waals surface area contributed by atoms with E-state index in [1.165, 1.54) is 0 Å². The highest BCUT2D eigenvalue weighted by Gasteiger charge is 2.28. The summed E-state index contributed by atoms with van der Waals surface area (Å²) in [5.41, 5.74) is 8.54. The maximum absolute atomic E-state index is 11.7. The molecule has 0 saturated heterocycles. The van der Waals surface area contributed by atoms with Gasteiger partial charge in [-0.3, -0.25) is 0 Å². The number of ether oxygens (including phenoxy) is 1. The lowest BCUT2D eigenvalue weighted by atomic mass is 10.1. The number of hydrogen-bond acceptors (Lipinski definition) is 2. The van der Waals surface area contributed by atoms with Crippen LogP contribution in [0.3, 0.4) is 0 Å². The predicted octanol–water partition coefficient (Wildman–Crippen LogP) is 2.70. The minimum atomic E-state index is -0.678. The van der Waals surface area contributed by atoms with Crippen molar-refractivity contribution in [1.29, 1.82) is 0 Å². The van der Waals surface area contributed by atoms with E-state index in [0.29, 0.717) is 10.6 Å². The van der Waals surface area contributed by atoms with Crippen LogP contribution in [0.4, 0.5) is 0 Å². The summed E-state index contributed by atoms with van der Waals surface area (Å²) in [5.74, 6) is -0.678. The van der Waals surface area contributed by atoms with Gasteiger partial charge in [0.1, 0.15) is 5.60 Å².